The van der Waals surface area contributed by atoms with E-state index >= 15 is 0 Å². The third-order valence-corrected chi connectivity index (χ3v) is 3.83. The molecule has 0 spiro atoms. The van der Waals surface area contributed by atoms with Crippen LogP contribution in [0, 0.1) is 0 Å². The van der Waals surface area contributed by atoms with Crippen LogP contribution in [0.1, 0.15) is 6.92 Å². The lowest BCUT2D eigenvalue weighted by Crippen LogP contribution is -2.22. The van der Waals surface area contributed by atoms with E-state index in [1.807, 2.05) is 24.3 Å². The van der Waals surface area contributed by atoms with Gasteiger partial charge in [-0.2, -0.15) is 0 Å². The van der Waals surface area contributed by atoms with Crippen molar-refractivity contribution in [3.05, 3.63) is 28.7 Å². The van der Waals surface area contributed by atoms with Crippen LogP contribution in [0.3, 0.4) is 0 Å². The van der Waals surface area contributed by atoms with Crippen molar-refractivity contribution in [2.75, 3.05) is 0 Å². The summed E-state index contributed by atoms with van der Waals surface area (Å²) in [5.41, 5.74) is 5.98. The first-order valence-corrected chi connectivity index (χ1v) is 6.79. The SMILES string of the molecule is C[C@H](Sc1nnc(-c2ccccc2Br)o1)C(N)=O. The molecule has 1 amide bonds. The number of thioether (sulfide) groups is 1. The van der Waals surface area contributed by atoms with Crippen LogP contribution in [-0.4, -0.2) is 21.4 Å². The second-order valence-corrected chi connectivity index (χ2v) is 5.66. The smallest absolute Gasteiger partial charge is 0.277 e. The summed E-state index contributed by atoms with van der Waals surface area (Å²) in [5, 5.41) is 7.73. The van der Waals surface area contributed by atoms with Crippen molar-refractivity contribution in [1.29, 1.82) is 0 Å². The fraction of sp³-hybridized carbons (Fsp3) is 0.182. The maximum Gasteiger partial charge on any atom is 0.277 e. The van der Waals surface area contributed by atoms with Gasteiger partial charge in [0.15, 0.2) is 0 Å². The van der Waals surface area contributed by atoms with E-state index in [1.165, 1.54) is 0 Å². The van der Waals surface area contributed by atoms with Gasteiger partial charge >= 0.3 is 0 Å². The number of rotatable bonds is 4. The van der Waals surface area contributed by atoms with Crippen LogP contribution >= 0.6 is 27.7 Å². The molecule has 2 rings (SSSR count). The number of carbonyl (C=O) groups excluding carboxylic acids is 1. The fourth-order valence-electron chi connectivity index (χ4n) is 1.21. The molecular formula is C11H10BrN3O2S. The lowest BCUT2D eigenvalue weighted by molar-refractivity contribution is -0.117. The molecule has 0 aliphatic rings. The van der Waals surface area contributed by atoms with Crippen LogP contribution in [0.5, 0.6) is 0 Å². The van der Waals surface area contributed by atoms with Crippen LogP contribution in [0.15, 0.2) is 38.4 Å². The second kappa shape index (κ2) is 5.53. The van der Waals surface area contributed by atoms with Gasteiger partial charge in [0.25, 0.3) is 5.22 Å². The van der Waals surface area contributed by atoms with Crippen LogP contribution in [0.25, 0.3) is 11.5 Å². The van der Waals surface area contributed by atoms with Gasteiger partial charge in [-0.15, -0.1) is 10.2 Å². The molecule has 0 saturated carbocycles. The summed E-state index contributed by atoms with van der Waals surface area (Å²) in [6.45, 7) is 1.69. The molecule has 1 aromatic heterocycles. The van der Waals surface area contributed by atoms with Gasteiger partial charge in [-0.1, -0.05) is 23.9 Å². The first-order valence-electron chi connectivity index (χ1n) is 5.12. The predicted octanol–water partition coefficient (Wildman–Crippen LogP) is 2.46. The number of amides is 1. The number of hydrogen-bond acceptors (Lipinski definition) is 5. The van der Waals surface area contributed by atoms with E-state index in [0.29, 0.717) is 11.1 Å². The molecule has 0 fully saturated rings. The predicted molar refractivity (Wildman–Crippen MR) is 71.9 cm³/mol. The van der Waals surface area contributed by atoms with Gasteiger partial charge in [-0.05, 0) is 35.0 Å². The number of aromatic nitrogens is 2. The summed E-state index contributed by atoms with van der Waals surface area (Å²) >= 11 is 4.55. The third-order valence-electron chi connectivity index (χ3n) is 2.19. The average molecular weight is 328 g/mol. The minimum atomic E-state index is -0.416. The lowest BCUT2D eigenvalue weighted by atomic mass is 10.2. The van der Waals surface area contributed by atoms with E-state index in [1.54, 1.807) is 6.92 Å². The van der Waals surface area contributed by atoms with Crippen molar-refractivity contribution in [2.45, 2.75) is 17.4 Å². The third kappa shape index (κ3) is 2.91. The van der Waals surface area contributed by atoms with Crippen molar-refractivity contribution in [3.8, 4) is 11.5 Å². The zero-order valence-corrected chi connectivity index (χ0v) is 11.9. The number of nitrogens with zero attached hydrogens (tertiary/aromatic N) is 2. The molecular weight excluding hydrogens is 318 g/mol. The molecule has 0 bridgehead atoms. The minimum Gasteiger partial charge on any atom is -0.411 e. The summed E-state index contributed by atoms with van der Waals surface area (Å²) in [6, 6.07) is 7.53. The number of halogens is 1. The summed E-state index contributed by atoms with van der Waals surface area (Å²) < 4.78 is 6.34. The molecule has 2 N–H and O–H groups in total. The quantitative estimate of drug-likeness (QED) is 0.872. The van der Waals surface area contributed by atoms with E-state index < -0.39 is 11.2 Å². The highest BCUT2D eigenvalue weighted by atomic mass is 79.9. The maximum atomic E-state index is 10.9. The highest BCUT2D eigenvalue weighted by Crippen LogP contribution is 2.30. The molecule has 1 heterocycles. The summed E-state index contributed by atoms with van der Waals surface area (Å²) in [4.78, 5) is 10.9. The lowest BCUT2D eigenvalue weighted by Gasteiger charge is -2.01. The van der Waals surface area contributed by atoms with E-state index in [9.17, 15) is 4.79 Å². The standard InChI is InChI=1S/C11H10BrN3O2S/c1-6(9(13)16)18-11-15-14-10(17-11)7-4-2-3-5-8(7)12/h2-6H,1H3,(H2,13,16)/t6-/m0/s1. The Hall–Kier alpha value is -1.34. The number of hydrogen-bond donors (Lipinski definition) is 1. The Labute approximate surface area is 116 Å². The van der Waals surface area contributed by atoms with Gasteiger partial charge < -0.3 is 10.2 Å². The van der Waals surface area contributed by atoms with Gasteiger partial charge in [0.1, 0.15) is 0 Å². The molecule has 0 unspecified atom stereocenters. The van der Waals surface area contributed by atoms with Crippen LogP contribution in [0.2, 0.25) is 0 Å². The van der Waals surface area contributed by atoms with Gasteiger partial charge in [-0.25, -0.2) is 0 Å². The van der Waals surface area contributed by atoms with Crippen LogP contribution in [0.4, 0.5) is 0 Å². The molecule has 0 saturated heterocycles. The Morgan fingerprint density at radius 1 is 1.44 bits per heavy atom. The Balaban J connectivity index is 2.21. The topological polar surface area (TPSA) is 82.0 Å². The van der Waals surface area contributed by atoms with Crippen molar-refractivity contribution < 1.29 is 9.21 Å². The molecule has 5 nitrogen and oxygen atoms in total. The Kier molecular flexibility index (Phi) is 4.03. The number of primary amides is 1. The van der Waals surface area contributed by atoms with Gasteiger partial charge in [0, 0.05) is 4.47 Å². The van der Waals surface area contributed by atoms with Crippen molar-refractivity contribution in [1.82, 2.24) is 10.2 Å². The first kappa shape index (κ1) is 13.1. The van der Waals surface area contributed by atoms with Crippen LogP contribution in [-0.2, 0) is 4.79 Å². The summed E-state index contributed by atoms with van der Waals surface area (Å²) in [6.07, 6.45) is 0. The Morgan fingerprint density at radius 2 is 2.17 bits per heavy atom. The molecule has 0 aliphatic carbocycles. The van der Waals surface area contributed by atoms with E-state index in [0.717, 1.165) is 21.8 Å². The molecule has 0 aliphatic heterocycles. The normalized spacial score (nSPS) is 12.3. The van der Waals surface area contributed by atoms with Gasteiger partial charge in [-0.3, -0.25) is 4.79 Å². The Bertz CT molecular complexity index is 573. The molecule has 1 aromatic carbocycles. The monoisotopic (exact) mass is 327 g/mol. The largest absolute Gasteiger partial charge is 0.411 e. The zero-order valence-electron chi connectivity index (χ0n) is 9.46. The van der Waals surface area contributed by atoms with Crippen LogP contribution < -0.4 is 5.73 Å². The first-order chi connectivity index (χ1) is 8.58. The second-order valence-electron chi connectivity index (χ2n) is 3.52. The van der Waals surface area contributed by atoms with Crippen molar-refractivity contribution in [2.24, 2.45) is 5.73 Å². The Morgan fingerprint density at radius 3 is 2.83 bits per heavy atom. The average Bonchev–Trinajstić information content (AvgIpc) is 2.77. The minimum absolute atomic E-state index is 0.326. The molecule has 7 heteroatoms. The molecule has 0 radical (unpaired) electrons. The molecule has 1 atom stereocenters. The molecule has 2 aromatic rings. The van der Waals surface area contributed by atoms with Crippen molar-refractivity contribution >= 4 is 33.6 Å². The highest BCUT2D eigenvalue weighted by molar-refractivity contribution is 9.10. The summed E-state index contributed by atoms with van der Waals surface area (Å²) in [5.74, 6) is -0.0118. The summed E-state index contributed by atoms with van der Waals surface area (Å²) in [7, 11) is 0. The maximum absolute atomic E-state index is 10.9. The number of benzene rings is 1. The number of carbonyl (C=O) groups is 1. The van der Waals surface area contributed by atoms with Gasteiger partial charge in [0.05, 0.1) is 10.8 Å². The van der Waals surface area contributed by atoms with E-state index in [-0.39, 0.29) is 0 Å². The molecule has 18 heavy (non-hydrogen) atoms. The van der Waals surface area contributed by atoms with E-state index in [2.05, 4.69) is 26.1 Å². The highest BCUT2D eigenvalue weighted by Gasteiger charge is 2.16. The fourth-order valence-corrected chi connectivity index (χ4v) is 2.30. The number of nitrogens with two attached hydrogens (primary N) is 1. The van der Waals surface area contributed by atoms with E-state index in [4.69, 9.17) is 10.2 Å². The van der Waals surface area contributed by atoms with Crippen molar-refractivity contribution in [3.63, 3.8) is 0 Å². The van der Waals surface area contributed by atoms with Gasteiger partial charge in [0.2, 0.25) is 11.8 Å². The molecule has 94 valence electrons. The zero-order chi connectivity index (χ0) is 13.1.